The molecule has 0 bridgehead atoms. The lowest BCUT2D eigenvalue weighted by atomic mass is 9.98. The first-order valence-corrected chi connectivity index (χ1v) is 15.9. The highest BCUT2D eigenvalue weighted by Crippen LogP contribution is 2.44. The van der Waals surface area contributed by atoms with Crippen LogP contribution >= 0.6 is 0 Å². The van der Waals surface area contributed by atoms with Gasteiger partial charge in [-0.2, -0.15) is 4.90 Å². The summed E-state index contributed by atoms with van der Waals surface area (Å²) in [5.74, 6) is -1.48. The molecule has 0 saturated heterocycles. The van der Waals surface area contributed by atoms with Crippen molar-refractivity contribution in [1.82, 2.24) is 9.88 Å². The maximum absolute atomic E-state index is 13.1. The molecule has 2 aromatic carbocycles. The van der Waals surface area contributed by atoms with Gasteiger partial charge in [-0.3, -0.25) is 0 Å². The Bertz CT molecular complexity index is 1040. The summed E-state index contributed by atoms with van der Waals surface area (Å²) in [6.45, 7) is 8.91. The minimum absolute atomic E-state index is 0.0124. The van der Waals surface area contributed by atoms with Crippen LogP contribution in [0.2, 0.25) is 19.6 Å². The number of carbonyl (C=O) groups excluding carboxylic acids is 2. The summed E-state index contributed by atoms with van der Waals surface area (Å²) in [5, 5.41) is 9.87. The number of hydrogen-bond donors (Lipinski definition) is 2. The quantitative estimate of drug-likeness (QED) is 0.305. The molecule has 2 amide bonds. The molecule has 0 fully saturated rings. The summed E-state index contributed by atoms with van der Waals surface area (Å²) in [5.41, 5.74) is 4.20. The van der Waals surface area contributed by atoms with Crippen LogP contribution in [-0.4, -0.2) is 62.2 Å². The molecule has 2 N–H and O–H groups in total. The van der Waals surface area contributed by atoms with Gasteiger partial charge in [0, 0.05) is 5.92 Å². The molecule has 0 aromatic heterocycles. The van der Waals surface area contributed by atoms with Gasteiger partial charge in [-0.25, -0.2) is 14.4 Å². The van der Waals surface area contributed by atoms with Crippen molar-refractivity contribution >= 4 is 26.4 Å². The van der Waals surface area contributed by atoms with Gasteiger partial charge in [0.15, 0.2) is 0 Å². The SMILES string of the molecule is CCOC(=O)N(C(=O)OCC1c2ccccc2-c2ccccc21)[C@@H](CCCCN[Si](C)(C)C)C(=O)O. The maximum atomic E-state index is 13.1. The molecule has 9 heteroatoms. The van der Waals surface area contributed by atoms with Crippen molar-refractivity contribution in [2.45, 2.75) is 57.8 Å². The van der Waals surface area contributed by atoms with Crippen molar-refractivity contribution in [2.75, 3.05) is 19.8 Å². The molecular formula is C27H36N2O6Si. The van der Waals surface area contributed by atoms with Crippen LogP contribution < -0.4 is 4.98 Å². The number of carbonyl (C=O) groups is 3. The summed E-state index contributed by atoms with van der Waals surface area (Å²) in [4.78, 5) is 42.0. The number of hydrogen-bond acceptors (Lipinski definition) is 6. The lowest BCUT2D eigenvalue weighted by Crippen LogP contribution is -2.49. The number of nitrogens with one attached hydrogen (secondary N) is 1. The van der Waals surface area contributed by atoms with Gasteiger partial charge in [-0.15, -0.1) is 0 Å². The Balaban J connectivity index is 1.72. The first-order chi connectivity index (χ1) is 17.1. The Morgan fingerprint density at radius 2 is 1.50 bits per heavy atom. The standard InChI is InChI=1S/C27H36N2O6Si/c1-5-34-26(32)29(24(25(30)31)16-10-11-17-28-36(2,3)4)27(33)35-18-23-21-14-8-6-12-19(21)20-13-7-9-15-22(20)23/h6-9,12-15,23-24,28H,5,10-11,16-18H2,1-4H3,(H,30,31)/t24-/m0/s1. The summed E-state index contributed by atoms with van der Waals surface area (Å²) in [7, 11) is -1.42. The van der Waals surface area contributed by atoms with Crippen molar-refractivity contribution in [1.29, 1.82) is 0 Å². The molecule has 0 unspecified atom stereocenters. The number of carboxylic acid groups (broad SMARTS) is 1. The first kappa shape index (κ1) is 27.4. The van der Waals surface area contributed by atoms with Gasteiger partial charge in [0.05, 0.1) is 6.61 Å². The largest absolute Gasteiger partial charge is 0.480 e. The molecule has 1 aliphatic carbocycles. The summed E-state index contributed by atoms with van der Waals surface area (Å²) < 4.78 is 10.6. The van der Waals surface area contributed by atoms with Crippen LogP contribution in [0, 0.1) is 0 Å². The molecule has 0 heterocycles. The monoisotopic (exact) mass is 512 g/mol. The number of amides is 2. The highest BCUT2D eigenvalue weighted by atomic mass is 28.3. The van der Waals surface area contributed by atoms with Gasteiger partial charge in [0.2, 0.25) is 0 Å². The lowest BCUT2D eigenvalue weighted by Gasteiger charge is -2.26. The third-order valence-electron chi connectivity index (χ3n) is 6.15. The normalized spacial score (nSPS) is 13.4. The lowest BCUT2D eigenvalue weighted by molar-refractivity contribution is -0.142. The molecule has 1 aliphatic rings. The highest BCUT2D eigenvalue weighted by Gasteiger charge is 2.38. The minimum atomic E-state index is -1.42. The molecule has 2 aromatic rings. The Morgan fingerprint density at radius 3 is 2.03 bits per heavy atom. The molecule has 36 heavy (non-hydrogen) atoms. The van der Waals surface area contributed by atoms with E-state index in [1.807, 2.05) is 48.5 Å². The van der Waals surface area contributed by atoms with Crippen molar-refractivity contribution < 1.29 is 29.0 Å². The Kier molecular flexibility index (Phi) is 9.28. The van der Waals surface area contributed by atoms with Crippen LogP contribution in [0.4, 0.5) is 9.59 Å². The van der Waals surface area contributed by atoms with Gasteiger partial charge in [-0.05, 0) is 55.0 Å². The highest BCUT2D eigenvalue weighted by molar-refractivity contribution is 6.73. The van der Waals surface area contributed by atoms with Crippen LogP contribution in [0.15, 0.2) is 48.5 Å². The Labute approximate surface area is 213 Å². The second kappa shape index (κ2) is 12.2. The molecule has 8 nitrogen and oxygen atoms in total. The third-order valence-corrected chi connectivity index (χ3v) is 7.46. The molecule has 194 valence electrons. The molecule has 0 aliphatic heterocycles. The van der Waals surface area contributed by atoms with Gasteiger partial charge in [0.1, 0.15) is 20.9 Å². The van der Waals surface area contributed by atoms with Crippen molar-refractivity contribution in [2.24, 2.45) is 0 Å². The zero-order valence-corrected chi connectivity index (χ0v) is 22.5. The molecule has 0 spiro atoms. The van der Waals surface area contributed by atoms with Gasteiger partial charge >= 0.3 is 18.2 Å². The van der Waals surface area contributed by atoms with E-state index in [9.17, 15) is 19.5 Å². The zero-order chi connectivity index (χ0) is 26.3. The van der Waals surface area contributed by atoms with E-state index in [1.165, 1.54) is 0 Å². The van der Waals surface area contributed by atoms with E-state index in [0.29, 0.717) is 11.3 Å². The van der Waals surface area contributed by atoms with Crippen LogP contribution in [0.1, 0.15) is 43.2 Å². The van der Waals surface area contributed by atoms with E-state index in [0.717, 1.165) is 35.2 Å². The summed E-state index contributed by atoms with van der Waals surface area (Å²) >= 11 is 0. The van der Waals surface area contributed by atoms with E-state index in [2.05, 4.69) is 24.6 Å². The molecule has 0 radical (unpaired) electrons. The number of imide groups is 1. The second-order valence-electron chi connectivity index (χ2n) is 9.90. The predicted octanol–water partition coefficient (Wildman–Crippen LogP) is 5.44. The van der Waals surface area contributed by atoms with Crippen LogP contribution in [0.25, 0.3) is 11.1 Å². The Morgan fingerprint density at radius 1 is 0.944 bits per heavy atom. The smallest absolute Gasteiger partial charge is 0.420 e. The fourth-order valence-corrected chi connectivity index (χ4v) is 5.40. The zero-order valence-electron chi connectivity index (χ0n) is 21.5. The third kappa shape index (κ3) is 6.73. The summed E-state index contributed by atoms with van der Waals surface area (Å²) in [6.07, 6.45) is -0.646. The average molecular weight is 513 g/mol. The number of nitrogens with zero attached hydrogens (tertiary/aromatic N) is 1. The van der Waals surface area contributed by atoms with Crippen LogP contribution in [0.3, 0.4) is 0 Å². The van der Waals surface area contributed by atoms with Crippen LogP contribution in [0.5, 0.6) is 0 Å². The number of unbranched alkanes of at least 4 members (excludes halogenated alkanes) is 1. The number of ether oxygens (including phenoxy) is 2. The van der Waals surface area contributed by atoms with Crippen molar-refractivity contribution in [3.8, 4) is 11.1 Å². The Hall–Kier alpha value is -3.17. The number of carboxylic acids is 1. The second-order valence-corrected chi connectivity index (χ2v) is 14.8. The van der Waals surface area contributed by atoms with Crippen molar-refractivity contribution in [3.63, 3.8) is 0 Å². The molecular weight excluding hydrogens is 476 g/mol. The van der Waals surface area contributed by atoms with Crippen molar-refractivity contribution in [3.05, 3.63) is 59.7 Å². The fraction of sp³-hybridized carbons (Fsp3) is 0.444. The molecule has 3 rings (SSSR count). The van der Waals surface area contributed by atoms with Gasteiger partial charge in [-0.1, -0.05) is 68.2 Å². The van der Waals surface area contributed by atoms with Crippen LogP contribution in [-0.2, 0) is 14.3 Å². The predicted molar refractivity (Wildman–Crippen MR) is 141 cm³/mol. The van der Waals surface area contributed by atoms with Gasteiger partial charge in [0.25, 0.3) is 0 Å². The van der Waals surface area contributed by atoms with E-state index in [1.54, 1.807) is 6.92 Å². The number of rotatable bonds is 11. The topological polar surface area (TPSA) is 105 Å². The number of fused-ring (bicyclic) bond motifs is 3. The molecule has 1 atom stereocenters. The molecule has 0 saturated carbocycles. The van der Waals surface area contributed by atoms with E-state index in [-0.39, 0.29) is 25.6 Å². The van der Waals surface area contributed by atoms with Gasteiger partial charge < -0.3 is 19.6 Å². The minimum Gasteiger partial charge on any atom is -0.480 e. The van der Waals surface area contributed by atoms with E-state index < -0.39 is 32.4 Å². The summed E-state index contributed by atoms with van der Waals surface area (Å²) in [6, 6.07) is 14.5. The van der Waals surface area contributed by atoms with E-state index >= 15 is 0 Å². The first-order valence-electron chi connectivity index (χ1n) is 12.4. The average Bonchev–Trinajstić information content (AvgIpc) is 3.14. The number of benzene rings is 2. The fourth-order valence-electron chi connectivity index (χ4n) is 4.47. The number of aliphatic carboxylic acids is 1. The maximum Gasteiger partial charge on any atom is 0.420 e. The van der Waals surface area contributed by atoms with E-state index in [4.69, 9.17) is 9.47 Å².